The molecule has 0 saturated carbocycles. The summed E-state index contributed by atoms with van der Waals surface area (Å²) in [5.41, 5.74) is 1.27. The monoisotopic (exact) mass is 294 g/mol. The summed E-state index contributed by atoms with van der Waals surface area (Å²) in [5, 5.41) is 0. The first-order valence-electron chi connectivity index (χ1n) is 7.42. The van der Waals surface area contributed by atoms with Crippen molar-refractivity contribution in [1.29, 1.82) is 0 Å². The van der Waals surface area contributed by atoms with Gasteiger partial charge in [-0.25, -0.2) is 0 Å². The van der Waals surface area contributed by atoms with Gasteiger partial charge in [0.15, 0.2) is 0 Å². The van der Waals surface area contributed by atoms with Gasteiger partial charge in [0.1, 0.15) is 0 Å². The van der Waals surface area contributed by atoms with Crippen molar-refractivity contribution in [3.8, 4) is 0 Å². The van der Waals surface area contributed by atoms with Crippen LogP contribution in [0.1, 0.15) is 38.2 Å². The first kappa shape index (κ1) is 17.3. The van der Waals surface area contributed by atoms with Crippen LogP contribution in [0.15, 0.2) is 41.3 Å². The van der Waals surface area contributed by atoms with Crippen LogP contribution in [0, 0.1) is 6.92 Å². The smallest absolute Gasteiger partial charge is 0.0852 e. The Hall–Kier alpha value is -0.770. The van der Waals surface area contributed by atoms with Gasteiger partial charge in [-0.3, -0.25) is 0 Å². The van der Waals surface area contributed by atoms with Gasteiger partial charge < -0.3 is 8.92 Å². The molecule has 0 amide bonds. The highest BCUT2D eigenvalue weighted by Gasteiger charge is 1.95. The van der Waals surface area contributed by atoms with Gasteiger partial charge in [0.2, 0.25) is 0 Å². The number of rotatable bonds is 11. The van der Waals surface area contributed by atoms with Gasteiger partial charge in [0.05, 0.1) is 13.2 Å². The third-order valence-electron chi connectivity index (χ3n) is 2.77. The van der Waals surface area contributed by atoms with E-state index >= 15 is 0 Å². The maximum Gasteiger partial charge on any atom is 0.0852 e. The van der Waals surface area contributed by atoms with E-state index in [1.165, 1.54) is 30.4 Å². The fraction of sp³-hybridized carbons (Fsp3) is 0.529. The average Bonchev–Trinajstić information content (AvgIpc) is 2.47. The quantitative estimate of drug-likeness (QED) is 0.318. The summed E-state index contributed by atoms with van der Waals surface area (Å²) in [7, 11) is 0. The predicted octanol–water partition coefficient (Wildman–Crippen LogP) is 5.17. The Morgan fingerprint density at radius 2 is 1.75 bits per heavy atom. The van der Waals surface area contributed by atoms with Crippen molar-refractivity contribution < 1.29 is 8.92 Å². The molecule has 0 radical (unpaired) electrons. The molecule has 0 fully saturated rings. The second-order valence-electron chi connectivity index (χ2n) is 4.73. The lowest BCUT2D eigenvalue weighted by molar-refractivity contribution is 0.105. The Bertz CT molecular complexity index is 360. The van der Waals surface area contributed by atoms with E-state index in [4.69, 9.17) is 8.92 Å². The summed E-state index contributed by atoms with van der Waals surface area (Å²) in [4.78, 5) is 1.14. The molecule has 0 bridgehead atoms. The molecule has 0 spiro atoms. The van der Waals surface area contributed by atoms with Gasteiger partial charge in [-0.1, -0.05) is 43.2 Å². The summed E-state index contributed by atoms with van der Waals surface area (Å²) < 4.78 is 11.0. The summed E-state index contributed by atoms with van der Waals surface area (Å²) in [5.74, 6) is 0. The number of allylic oxidation sites excluding steroid dienone is 2. The highest BCUT2D eigenvalue weighted by Crippen LogP contribution is 2.18. The van der Waals surface area contributed by atoms with Crippen LogP contribution in [-0.4, -0.2) is 19.8 Å². The molecule has 0 unspecified atom stereocenters. The topological polar surface area (TPSA) is 18.5 Å². The maximum atomic E-state index is 5.53. The van der Waals surface area contributed by atoms with Crippen LogP contribution in [0.5, 0.6) is 0 Å². The van der Waals surface area contributed by atoms with Crippen molar-refractivity contribution in [2.75, 3.05) is 19.8 Å². The zero-order valence-corrected chi connectivity index (χ0v) is 13.5. The minimum Gasteiger partial charge on any atom is -0.379 e. The molecule has 2 nitrogen and oxygen atoms in total. The summed E-state index contributed by atoms with van der Waals surface area (Å²) in [6.07, 6.45) is 9.11. The van der Waals surface area contributed by atoms with Crippen LogP contribution in [-0.2, 0) is 8.92 Å². The van der Waals surface area contributed by atoms with Crippen molar-refractivity contribution >= 4 is 12.0 Å². The van der Waals surface area contributed by atoms with Crippen LogP contribution in [0.4, 0.5) is 0 Å². The Morgan fingerprint density at radius 3 is 2.50 bits per heavy atom. The maximum absolute atomic E-state index is 5.53. The number of aryl methyl sites for hydroxylation is 1. The van der Waals surface area contributed by atoms with E-state index in [1.54, 1.807) is 0 Å². The third-order valence-corrected chi connectivity index (χ3v) is 3.52. The standard InChI is InChI=1S/C17H26O2S/c1-3-4-5-6-7-8-13-18-14-15-19-20-17-11-9-16(2)10-12-17/h5-6,9-12H,3-4,7-8,13-15H2,1-2H3/b6-5+. The SMILES string of the molecule is CCC/C=C/CCCOCCOSc1ccc(C)cc1. The highest BCUT2D eigenvalue weighted by atomic mass is 32.2. The molecule has 1 aromatic rings. The number of hydrogen-bond acceptors (Lipinski definition) is 3. The first-order chi connectivity index (χ1) is 9.83. The van der Waals surface area contributed by atoms with Crippen molar-refractivity contribution in [3.63, 3.8) is 0 Å². The van der Waals surface area contributed by atoms with Crippen molar-refractivity contribution in [1.82, 2.24) is 0 Å². The van der Waals surface area contributed by atoms with Gasteiger partial charge in [-0.05, 0) is 38.3 Å². The fourth-order valence-electron chi connectivity index (χ4n) is 1.60. The average molecular weight is 294 g/mol. The largest absolute Gasteiger partial charge is 0.379 e. The molecule has 112 valence electrons. The normalized spacial score (nSPS) is 11.3. The van der Waals surface area contributed by atoms with Crippen LogP contribution in [0.3, 0.4) is 0 Å². The van der Waals surface area contributed by atoms with Gasteiger partial charge in [-0.15, -0.1) is 0 Å². The third kappa shape index (κ3) is 9.18. The Morgan fingerprint density at radius 1 is 1.00 bits per heavy atom. The van der Waals surface area contributed by atoms with Crippen LogP contribution in [0.25, 0.3) is 0 Å². The van der Waals surface area contributed by atoms with Crippen LogP contribution < -0.4 is 0 Å². The molecular formula is C17H26O2S. The molecule has 20 heavy (non-hydrogen) atoms. The van der Waals surface area contributed by atoms with E-state index in [2.05, 4.69) is 50.3 Å². The first-order valence-corrected chi connectivity index (χ1v) is 8.16. The van der Waals surface area contributed by atoms with Crippen LogP contribution in [0.2, 0.25) is 0 Å². The molecule has 0 aliphatic heterocycles. The molecule has 1 rings (SSSR count). The summed E-state index contributed by atoms with van der Waals surface area (Å²) >= 11 is 1.42. The molecule has 0 aliphatic carbocycles. The minimum absolute atomic E-state index is 0.629. The zero-order valence-electron chi connectivity index (χ0n) is 12.6. The van der Waals surface area contributed by atoms with Gasteiger partial charge >= 0.3 is 0 Å². The lowest BCUT2D eigenvalue weighted by Crippen LogP contribution is -2.02. The van der Waals surface area contributed by atoms with E-state index in [-0.39, 0.29) is 0 Å². The highest BCUT2D eigenvalue weighted by molar-refractivity contribution is 7.94. The Labute approximate surface area is 127 Å². The molecule has 0 aromatic heterocycles. The lowest BCUT2D eigenvalue weighted by atomic mass is 10.2. The summed E-state index contributed by atoms with van der Waals surface area (Å²) in [6.45, 7) is 6.39. The molecule has 0 heterocycles. The van der Waals surface area contributed by atoms with E-state index < -0.39 is 0 Å². The fourth-order valence-corrected chi connectivity index (χ4v) is 2.14. The van der Waals surface area contributed by atoms with Gasteiger partial charge in [-0.2, -0.15) is 0 Å². The minimum atomic E-state index is 0.629. The number of benzene rings is 1. The van der Waals surface area contributed by atoms with Crippen LogP contribution >= 0.6 is 12.0 Å². The molecule has 0 saturated heterocycles. The molecule has 3 heteroatoms. The van der Waals surface area contributed by atoms with E-state index in [0.717, 1.165) is 24.3 Å². The van der Waals surface area contributed by atoms with Gasteiger partial charge in [0.25, 0.3) is 0 Å². The Kier molecular flexibility index (Phi) is 10.4. The van der Waals surface area contributed by atoms with Gasteiger partial charge in [0, 0.05) is 23.5 Å². The Balaban J connectivity index is 1.89. The van der Waals surface area contributed by atoms with E-state index in [0.29, 0.717) is 13.2 Å². The second kappa shape index (κ2) is 12.0. The lowest BCUT2D eigenvalue weighted by Gasteiger charge is -2.04. The molecule has 0 aliphatic rings. The number of ether oxygens (including phenoxy) is 1. The van der Waals surface area contributed by atoms with E-state index in [9.17, 15) is 0 Å². The predicted molar refractivity (Wildman–Crippen MR) is 87.1 cm³/mol. The van der Waals surface area contributed by atoms with Crippen molar-refractivity contribution in [3.05, 3.63) is 42.0 Å². The molecule has 0 N–H and O–H groups in total. The molecular weight excluding hydrogens is 268 g/mol. The zero-order chi connectivity index (χ0) is 14.5. The van der Waals surface area contributed by atoms with Crippen molar-refractivity contribution in [2.24, 2.45) is 0 Å². The van der Waals surface area contributed by atoms with E-state index in [1.807, 2.05) is 0 Å². The second-order valence-corrected chi connectivity index (χ2v) is 5.61. The summed E-state index contributed by atoms with van der Waals surface area (Å²) in [6, 6.07) is 8.33. The van der Waals surface area contributed by atoms with Crippen molar-refractivity contribution in [2.45, 2.75) is 44.4 Å². The number of unbranched alkanes of at least 4 members (excludes halogenated alkanes) is 2. The molecule has 0 atom stereocenters. The number of hydrogen-bond donors (Lipinski definition) is 0. The molecule has 1 aromatic carbocycles.